The van der Waals surface area contributed by atoms with E-state index in [9.17, 15) is 18.8 Å². The van der Waals surface area contributed by atoms with Crippen LogP contribution >= 0.6 is 0 Å². The molecule has 1 unspecified atom stereocenters. The van der Waals surface area contributed by atoms with E-state index in [-0.39, 0.29) is 17.7 Å². The maximum atomic E-state index is 13.3. The van der Waals surface area contributed by atoms with Crippen molar-refractivity contribution < 1.29 is 18.8 Å². The van der Waals surface area contributed by atoms with Gasteiger partial charge in [-0.05, 0) is 73.7 Å². The normalized spacial score (nSPS) is 15.2. The van der Waals surface area contributed by atoms with E-state index in [1.807, 2.05) is 19.1 Å². The van der Waals surface area contributed by atoms with Crippen molar-refractivity contribution in [3.63, 3.8) is 0 Å². The van der Waals surface area contributed by atoms with Crippen LogP contribution in [0.15, 0.2) is 72.8 Å². The van der Waals surface area contributed by atoms with Gasteiger partial charge in [0.05, 0.1) is 0 Å². The number of benzene rings is 3. The zero-order valence-electron chi connectivity index (χ0n) is 20.1. The van der Waals surface area contributed by atoms with Crippen LogP contribution < -0.4 is 16.0 Å². The number of nitrogens with zero attached hydrogens (tertiary/aromatic N) is 1. The second kappa shape index (κ2) is 11.5. The van der Waals surface area contributed by atoms with Crippen LogP contribution in [0.25, 0.3) is 0 Å². The quantitative estimate of drug-likeness (QED) is 0.453. The van der Waals surface area contributed by atoms with Crippen LogP contribution in [0.2, 0.25) is 0 Å². The molecule has 0 aromatic heterocycles. The molecule has 1 fully saturated rings. The van der Waals surface area contributed by atoms with Crippen molar-refractivity contribution >= 4 is 29.2 Å². The van der Waals surface area contributed by atoms with Gasteiger partial charge in [-0.2, -0.15) is 0 Å². The van der Waals surface area contributed by atoms with Gasteiger partial charge >= 0.3 is 6.03 Å². The second-order valence-corrected chi connectivity index (χ2v) is 8.95. The minimum absolute atomic E-state index is 0.101. The highest BCUT2D eigenvalue weighted by Crippen LogP contribution is 2.22. The highest BCUT2D eigenvalue weighted by molar-refractivity contribution is 6.05. The van der Waals surface area contributed by atoms with Crippen LogP contribution in [0.4, 0.5) is 20.6 Å². The molecule has 3 aromatic carbocycles. The fourth-order valence-corrected chi connectivity index (χ4v) is 4.25. The standard InChI is InChI=1S/C28H29FN4O3/c1-19-12-13-22(15-25(19)32-26(34)21-8-3-2-4-9-21)27(35)33-14-6-7-20(18-33)17-30-28(36)31-24-11-5-10-23(29)16-24/h2-5,8-13,15-16,20H,6-7,14,17-18H2,1H3,(H,32,34)(H2,30,31,36). The summed E-state index contributed by atoms with van der Waals surface area (Å²) >= 11 is 0. The second-order valence-electron chi connectivity index (χ2n) is 8.95. The van der Waals surface area contributed by atoms with Crippen molar-refractivity contribution in [1.29, 1.82) is 0 Å². The largest absolute Gasteiger partial charge is 0.338 e. The Bertz CT molecular complexity index is 1250. The van der Waals surface area contributed by atoms with Gasteiger partial charge in [0.2, 0.25) is 0 Å². The van der Waals surface area contributed by atoms with E-state index >= 15 is 0 Å². The van der Waals surface area contributed by atoms with Gasteiger partial charge in [0.1, 0.15) is 5.82 Å². The molecule has 36 heavy (non-hydrogen) atoms. The first-order valence-electron chi connectivity index (χ1n) is 12.0. The summed E-state index contributed by atoms with van der Waals surface area (Å²) < 4.78 is 13.3. The molecule has 1 atom stereocenters. The molecule has 3 N–H and O–H groups in total. The number of hydrogen-bond acceptors (Lipinski definition) is 3. The SMILES string of the molecule is Cc1ccc(C(=O)N2CCCC(CNC(=O)Nc3cccc(F)c3)C2)cc1NC(=O)c1ccccc1. The lowest BCUT2D eigenvalue weighted by Gasteiger charge is -2.33. The number of urea groups is 1. The Morgan fingerprint density at radius 3 is 2.53 bits per heavy atom. The van der Waals surface area contributed by atoms with E-state index < -0.39 is 11.8 Å². The average Bonchev–Trinajstić information content (AvgIpc) is 2.89. The fraction of sp³-hybridized carbons (Fsp3) is 0.250. The highest BCUT2D eigenvalue weighted by Gasteiger charge is 2.25. The van der Waals surface area contributed by atoms with E-state index in [0.29, 0.717) is 42.1 Å². The molecule has 0 bridgehead atoms. The summed E-state index contributed by atoms with van der Waals surface area (Å²) in [7, 11) is 0. The van der Waals surface area contributed by atoms with Gasteiger partial charge in [0.15, 0.2) is 0 Å². The Morgan fingerprint density at radius 1 is 0.944 bits per heavy atom. The molecule has 0 aliphatic carbocycles. The van der Waals surface area contributed by atoms with Crippen molar-refractivity contribution in [3.05, 3.63) is 95.3 Å². The van der Waals surface area contributed by atoms with E-state index in [1.54, 1.807) is 47.4 Å². The van der Waals surface area contributed by atoms with E-state index in [0.717, 1.165) is 18.4 Å². The molecule has 186 valence electrons. The molecule has 1 aliphatic rings. The van der Waals surface area contributed by atoms with Gasteiger partial charge in [-0.3, -0.25) is 9.59 Å². The summed E-state index contributed by atoms with van der Waals surface area (Å²) in [4.78, 5) is 39.8. The Morgan fingerprint density at radius 2 is 1.75 bits per heavy atom. The lowest BCUT2D eigenvalue weighted by Crippen LogP contribution is -2.44. The number of carbonyl (C=O) groups excluding carboxylic acids is 3. The van der Waals surface area contributed by atoms with Crippen molar-refractivity contribution in [2.24, 2.45) is 5.92 Å². The monoisotopic (exact) mass is 488 g/mol. The summed E-state index contributed by atoms with van der Waals surface area (Å²) in [5.41, 5.74) is 2.88. The van der Waals surface area contributed by atoms with Crippen molar-refractivity contribution in [2.45, 2.75) is 19.8 Å². The summed E-state index contributed by atoms with van der Waals surface area (Å²) in [5, 5.41) is 8.33. The molecule has 7 nitrogen and oxygen atoms in total. The lowest BCUT2D eigenvalue weighted by molar-refractivity contribution is 0.0675. The van der Waals surface area contributed by atoms with Gasteiger partial charge < -0.3 is 20.9 Å². The molecule has 4 rings (SSSR count). The average molecular weight is 489 g/mol. The number of hydrogen-bond donors (Lipinski definition) is 3. The number of aryl methyl sites for hydroxylation is 1. The number of amides is 4. The Kier molecular flexibility index (Phi) is 7.95. The maximum Gasteiger partial charge on any atom is 0.319 e. The Balaban J connectivity index is 1.34. The van der Waals surface area contributed by atoms with Gasteiger partial charge in [-0.1, -0.05) is 30.3 Å². The minimum atomic E-state index is -0.423. The first-order valence-corrected chi connectivity index (χ1v) is 12.0. The van der Waals surface area contributed by atoms with E-state index in [1.165, 1.54) is 18.2 Å². The summed E-state index contributed by atoms with van der Waals surface area (Å²) in [6.45, 7) is 3.42. The van der Waals surface area contributed by atoms with Crippen molar-refractivity contribution in [2.75, 3.05) is 30.3 Å². The summed E-state index contributed by atoms with van der Waals surface area (Å²) in [6.07, 6.45) is 1.71. The summed E-state index contributed by atoms with van der Waals surface area (Å²) in [5.74, 6) is -0.667. The molecular weight excluding hydrogens is 459 g/mol. The zero-order valence-corrected chi connectivity index (χ0v) is 20.1. The fourth-order valence-electron chi connectivity index (χ4n) is 4.25. The van der Waals surface area contributed by atoms with Gasteiger partial charge in [0.25, 0.3) is 11.8 Å². The number of piperidine rings is 1. The number of likely N-dealkylation sites (tertiary alicyclic amines) is 1. The van der Waals surface area contributed by atoms with Crippen molar-refractivity contribution in [1.82, 2.24) is 10.2 Å². The highest BCUT2D eigenvalue weighted by atomic mass is 19.1. The number of carbonyl (C=O) groups is 3. The van der Waals surface area contributed by atoms with E-state index in [4.69, 9.17) is 0 Å². The summed E-state index contributed by atoms with van der Waals surface area (Å²) in [6, 6.07) is 19.5. The van der Waals surface area contributed by atoms with Crippen LogP contribution in [0.3, 0.4) is 0 Å². The predicted octanol–water partition coefficient (Wildman–Crippen LogP) is 5.06. The molecule has 1 aliphatic heterocycles. The van der Waals surface area contributed by atoms with Gasteiger partial charge in [0, 0.05) is 42.1 Å². The first kappa shape index (κ1) is 24.9. The minimum Gasteiger partial charge on any atom is -0.338 e. The number of halogens is 1. The zero-order chi connectivity index (χ0) is 25.5. The molecule has 1 heterocycles. The topological polar surface area (TPSA) is 90.5 Å². The number of anilines is 2. The van der Waals surface area contributed by atoms with Gasteiger partial charge in [-0.15, -0.1) is 0 Å². The third-order valence-corrected chi connectivity index (χ3v) is 6.21. The number of rotatable bonds is 6. The molecule has 0 saturated carbocycles. The molecule has 0 radical (unpaired) electrons. The Hall–Kier alpha value is -4.20. The molecule has 3 aromatic rings. The van der Waals surface area contributed by atoms with Crippen LogP contribution in [0.5, 0.6) is 0 Å². The third kappa shape index (κ3) is 6.47. The van der Waals surface area contributed by atoms with Crippen molar-refractivity contribution in [3.8, 4) is 0 Å². The molecule has 8 heteroatoms. The first-order chi connectivity index (χ1) is 17.4. The van der Waals surface area contributed by atoms with Crippen LogP contribution in [-0.2, 0) is 0 Å². The molecule has 4 amide bonds. The third-order valence-electron chi connectivity index (χ3n) is 6.21. The Labute approximate surface area is 209 Å². The van der Waals surface area contributed by atoms with Crippen LogP contribution in [0.1, 0.15) is 39.1 Å². The molecule has 0 spiro atoms. The maximum absolute atomic E-state index is 13.3. The van der Waals surface area contributed by atoms with Crippen LogP contribution in [-0.4, -0.2) is 42.4 Å². The molecular formula is C28H29FN4O3. The smallest absolute Gasteiger partial charge is 0.319 e. The van der Waals surface area contributed by atoms with Gasteiger partial charge in [-0.25, -0.2) is 9.18 Å². The van der Waals surface area contributed by atoms with Crippen LogP contribution in [0, 0.1) is 18.7 Å². The number of nitrogens with one attached hydrogen (secondary N) is 3. The predicted molar refractivity (Wildman–Crippen MR) is 138 cm³/mol. The molecule has 1 saturated heterocycles. The lowest BCUT2D eigenvalue weighted by atomic mass is 9.97. The van der Waals surface area contributed by atoms with E-state index in [2.05, 4.69) is 16.0 Å².